The number of fused-ring (bicyclic) bond motifs is 1. The predicted molar refractivity (Wildman–Crippen MR) is 128 cm³/mol. The van der Waals surface area contributed by atoms with E-state index in [0.717, 1.165) is 5.56 Å². The highest BCUT2D eigenvalue weighted by Gasteiger charge is 2.27. The molecule has 2 amide bonds. The highest BCUT2D eigenvalue weighted by atomic mass is 16.5. The summed E-state index contributed by atoms with van der Waals surface area (Å²) in [5, 5.41) is 2.97. The summed E-state index contributed by atoms with van der Waals surface area (Å²) in [7, 11) is 1.68. The molecule has 1 aliphatic rings. The van der Waals surface area contributed by atoms with Gasteiger partial charge < -0.3 is 19.9 Å². The summed E-state index contributed by atoms with van der Waals surface area (Å²) in [5.41, 5.74) is 1.79. The molecule has 0 aliphatic carbocycles. The first-order chi connectivity index (χ1) is 16.5. The standard InChI is InChI=1S/C24H28N6O4/c1-3-34-20(31)16-19(17-8-5-4-6-9-17)27-24(33)30-14-12-29(13-15-30)22-23(32)28(2)21-18(26-22)10-7-11-25-21/h4-11,19H,3,12-16H2,1-2H3,(H,27,33)/t19-/m0/s1. The summed E-state index contributed by atoms with van der Waals surface area (Å²) in [5.74, 6) is -0.0123. The SMILES string of the molecule is CCOC(=O)C[C@H](NC(=O)N1CCN(c2nc3cccnc3n(C)c2=O)CC1)c1ccccc1. The van der Waals surface area contributed by atoms with Gasteiger partial charge in [0.15, 0.2) is 11.5 Å². The van der Waals surface area contributed by atoms with Crippen LogP contribution < -0.4 is 15.8 Å². The van der Waals surface area contributed by atoms with E-state index in [-0.39, 0.29) is 30.6 Å². The van der Waals surface area contributed by atoms with Crippen LogP contribution in [0.5, 0.6) is 0 Å². The highest BCUT2D eigenvalue weighted by Crippen LogP contribution is 2.19. The molecule has 1 atom stereocenters. The summed E-state index contributed by atoms with van der Waals surface area (Å²) < 4.78 is 6.58. The van der Waals surface area contributed by atoms with Crippen molar-refractivity contribution >= 4 is 29.0 Å². The Hall–Kier alpha value is -3.95. The first kappa shape index (κ1) is 23.2. The van der Waals surface area contributed by atoms with Crippen molar-refractivity contribution < 1.29 is 14.3 Å². The number of piperazine rings is 1. The topological polar surface area (TPSA) is 110 Å². The lowest BCUT2D eigenvalue weighted by atomic mass is 10.0. The van der Waals surface area contributed by atoms with Crippen LogP contribution in [0, 0.1) is 0 Å². The van der Waals surface area contributed by atoms with Gasteiger partial charge in [-0.1, -0.05) is 30.3 Å². The number of urea groups is 1. The number of anilines is 1. The van der Waals surface area contributed by atoms with E-state index < -0.39 is 6.04 Å². The predicted octanol–water partition coefficient (Wildman–Crippen LogP) is 1.85. The summed E-state index contributed by atoms with van der Waals surface area (Å²) in [6, 6.07) is 12.2. The lowest BCUT2D eigenvalue weighted by Crippen LogP contribution is -2.53. The average molecular weight is 465 g/mol. The lowest BCUT2D eigenvalue weighted by molar-refractivity contribution is -0.143. The second-order valence-corrected chi connectivity index (χ2v) is 8.04. The molecule has 0 spiro atoms. The number of carbonyl (C=O) groups is 2. The van der Waals surface area contributed by atoms with Gasteiger partial charge in [0.2, 0.25) is 0 Å². The second kappa shape index (κ2) is 10.3. The molecule has 3 aromatic rings. The van der Waals surface area contributed by atoms with E-state index in [1.54, 1.807) is 31.1 Å². The third-order valence-electron chi connectivity index (χ3n) is 5.85. The van der Waals surface area contributed by atoms with E-state index in [1.807, 2.05) is 41.3 Å². The van der Waals surface area contributed by atoms with Crippen LogP contribution in [0.15, 0.2) is 53.5 Å². The number of hydrogen-bond donors (Lipinski definition) is 1. The molecule has 1 aliphatic heterocycles. The molecule has 3 heterocycles. The Morgan fingerprint density at radius 3 is 2.53 bits per heavy atom. The van der Waals surface area contributed by atoms with Crippen molar-refractivity contribution in [3.63, 3.8) is 0 Å². The van der Waals surface area contributed by atoms with Gasteiger partial charge in [0, 0.05) is 39.4 Å². The van der Waals surface area contributed by atoms with Crippen molar-refractivity contribution in [2.24, 2.45) is 7.05 Å². The van der Waals surface area contributed by atoms with E-state index in [0.29, 0.717) is 43.2 Å². The molecule has 1 N–H and O–H groups in total. The van der Waals surface area contributed by atoms with Gasteiger partial charge in [-0.3, -0.25) is 14.2 Å². The second-order valence-electron chi connectivity index (χ2n) is 8.04. The molecule has 0 unspecified atom stereocenters. The first-order valence-electron chi connectivity index (χ1n) is 11.3. The number of hydrogen-bond acceptors (Lipinski definition) is 7. The monoisotopic (exact) mass is 464 g/mol. The third-order valence-corrected chi connectivity index (χ3v) is 5.85. The largest absolute Gasteiger partial charge is 0.466 e. The lowest BCUT2D eigenvalue weighted by Gasteiger charge is -2.36. The summed E-state index contributed by atoms with van der Waals surface area (Å²) in [6.45, 7) is 3.81. The van der Waals surface area contributed by atoms with Crippen molar-refractivity contribution in [1.82, 2.24) is 24.8 Å². The van der Waals surface area contributed by atoms with Crippen LogP contribution in [-0.2, 0) is 16.6 Å². The molecule has 0 saturated carbocycles. The minimum absolute atomic E-state index is 0.0502. The highest BCUT2D eigenvalue weighted by molar-refractivity contribution is 5.77. The number of carbonyl (C=O) groups excluding carboxylic acids is 2. The number of rotatable bonds is 6. The van der Waals surface area contributed by atoms with E-state index >= 15 is 0 Å². The summed E-state index contributed by atoms with van der Waals surface area (Å²) >= 11 is 0. The fourth-order valence-corrected chi connectivity index (χ4v) is 4.03. The number of aromatic nitrogens is 3. The summed E-state index contributed by atoms with van der Waals surface area (Å²) in [6.07, 6.45) is 1.68. The van der Waals surface area contributed by atoms with E-state index in [4.69, 9.17) is 4.74 Å². The van der Waals surface area contributed by atoms with Gasteiger partial charge in [0.25, 0.3) is 5.56 Å². The fraction of sp³-hybridized carbons (Fsp3) is 0.375. The number of benzene rings is 1. The molecule has 1 fully saturated rings. The number of nitrogens with one attached hydrogen (secondary N) is 1. The Labute approximate surface area is 197 Å². The molecule has 178 valence electrons. The Morgan fingerprint density at radius 2 is 1.82 bits per heavy atom. The van der Waals surface area contributed by atoms with Gasteiger partial charge in [-0.05, 0) is 24.6 Å². The number of esters is 1. The zero-order valence-corrected chi connectivity index (χ0v) is 19.3. The van der Waals surface area contributed by atoms with Gasteiger partial charge in [0.1, 0.15) is 5.52 Å². The quantitative estimate of drug-likeness (QED) is 0.555. The van der Waals surface area contributed by atoms with E-state index in [1.165, 1.54) is 4.57 Å². The maximum absolute atomic E-state index is 13.0. The maximum atomic E-state index is 13.0. The molecule has 1 saturated heterocycles. The first-order valence-corrected chi connectivity index (χ1v) is 11.3. The molecule has 4 rings (SSSR count). The number of amides is 2. The Kier molecular flexibility index (Phi) is 7.05. The van der Waals surface area contributed by atoms with E-state index in [2.05, 4.69) is 15.3 Å². The van der Waals surface area contributed by atoms with Crippen LogP contribution in [0.1, 0.15) is 24.9 Å². The summed E-state index contributed by atoms with van der Waals surface area (Å²) in [4.78, 5) is 50.3. The van der Waals surface area contributed by atoms with Crippen molar-refractivity contribution in [1.29, 1.82) is 0 Å². The van der Waals surface area contributed by atoms with Gasteiger partial charge in [-0.15, -0.1) is 0 Å². The van der Waals surface area contributed by atoms with Crippen molar-refractivity contribution in [3.05, 3.63) is 64.6 Å². The molecule has 0 radical (unpaired) electrons. The molecule has 10 heteroatoms. The number of ether oxygens (including phenoxy) is 1. The Bertz CT molecular complexity index is 1220. The minimum Gasteiger partial charge on any atom is -0.466 e. The van der Waals surface area contributed by atoms with Crippen LogP contribution in [0.4, 0.5) is 10.6 Å². The smallest absolute Gasteiger partial charge is 0.318 e. The van der Waals surface area contributed by atoms with Crippen LogP contribution >= 0.6 is 0 Å². The zero-order valence-electron chi connectivity index (χ0n) is 19.3. The van der Waals surface area contributed by atoms with Gasteiger partial charge >= 0.3 is 12.0 Å². The van der Waals surface area contributed by atoms with Crippen molar-refractivity contribution in [2.75, 3.05) is 37.7 Å². The number of nitrogens with zero attached hydrogens (tertiary/aromatic N) is 5. The molecule has 10 nitrogen and oxygen atoms in total. The normalized spacial score (nSPS) is 14.6. The average Bonchev–Trinajstić information content (AvgIpc) is 2.86. The zero-order chi connectivity index (χ0) is 24.1. The molecule has 2 aromatic heterocycles. The van der Waals surface area contributed by atoms with Crippen molar-refractivity contribution in [3.8, 4) is 0 Å². The van der Waals surface area contributed by atoms with Gasteiger partial charge in [-0.25, -0.2) is 14.8 Å². The number of pyridine rings is 1. The van der Waals surface area contributed by atoms with Crippen LogP contribution in [0.2, 0.25) is 0 Å². The van der Waals surface area contributed by atoms with Crippen molar-refractivity contribution in [2.45, 2.75) is 19.4 Å². The Balaban J connectivity index is 1.44. The third kappa shape index (κ3) is 5.00. The molecular weight excluding hydrogens is 436 g/mol. The van der Waals surface area contributed by atoms with Crippen LogP contribution in [-0.4, -0.2) is 64.2 Å². The minimum atomic E-state index is -0.493. The van der Waals surface area contributed by atoms with Gasteiger partial charge in [0.05, 0.1) is 19.1 Å². The van der Waals surface area contributed by atoms with Crippen LogP contribution in [0.3, 0.4) is 0 Å². The van der Waals surface area contributed by atoms with E-state index in [9.17, 15) is 14.4 Å². The molecular formula is C24H28N6O4. The van der Waals surface area contributed by atoms with Crippen LogP contribution in [0.25, 0.3) is 11.2 Å². The van der Waals surface area contributed by atoms with Gasteiger partial charge in [-0.2, -0.15) is 0 Å². The molecule has 0 bridgehead atoms. The maximum Gasteiger partial charge on any atom is 0.318 e. The molecule has 1 aromatic carbocycles. The Morgan fingerprint density at radius 1 is 1.09 bits per heavy atom. The molecule has 34 heavy (non-hydrogen) atoms. The fourth-order valence-electron chi connectivity index (χ4n) is 4.03. The number of aryl methyl sites for hydroxylation is 1.